The van der Waals surface area contributed by atoms with Gasteiger partial charge in [0.2, 0.25) is 0 Å². The number of nitrogens with zero attached hydrogens (tertiary/aromatic N) is 2. The molecule has 7 heteroatoms. The summed E-state index contributed by atoms with van der Waals surface area (Å²) in [7, 11) is 0. The molecular weight excluding hydrogens is 274 g/mol. The molecule has 0 aliphatic heterocycles. The zero-order valence-electron chi connectivity index (χ0n) is 11.2. The molecule has 2 N–H and O–H groups in total. The normalized spacial score (nSPS) is 20.8. The van der Waals surface area contributed by atoms with E-state index >= 15 is 0 Å². The Balaban J connectivity index is 1.50. The number of carbonyl (C=O) groups excluding carboxylic acids is 1. The first-order chi connectivity index (χ1) is 10.1. The van der Waals surface area contributed by atoms with E-state index in [0.29, 0.717) is 18.5 Å². The van der Waals surface area contributed by atoms with Crippen molar-refractivity contribution in [3.05, 3.63) is 46.8 Å². The lowest BCUT2D eigenvalue weighted by Crippen LogP contribution is -2.37. The second kappa shape index (κ2) is 5.43. The van der Waals surface area contributed by atoms with Crippen LogP contribution in [-0.2, 0) is 0 Å². The molecule has 0 radical (unpaired) electrons. The molecule has 21 heavy (non-hydrogen) atoms. The monoisotopic (exact) mass is 289 g/mol. The van der Waals surface area contributed by atoms with Gasteiger partial charge in [-0.1, -0.05) is 0 Å². The van der Waals surface area contributed by atoms with Crippen LogP contribution in [0.1, 0.15) is 29.4 Å². The number of aromatic hydroxyl groups is 1. The van der Waals surface area contributed by atoms with Gasteiger partial charge >= 0.3 is 5.63 Å². The van der Waals surface area contributed by atoms with E-state index in [1.54, 1.807) is 6.20 Å². The van der Waals surface area contributed by atoms with E-state index in [1.807, 2.05) is 16.9 Å². The number of hydrogen-bond acceptors (Lipinski definition) is 5. The maximum Gasteiger partial charge on any atom is 0.340 e. The van der Waals surface area contributed by atoms with Crippen LogP contribution in [0.25, 0.3) is 0 Å². The van der Waals surface area contributed by atoms with E-state index < -0.39 is 11.5 Å². The number of rotatable bonds is 4. The molecule has 2 aromatic rings. The molecular formula is C14H15N3O4. The van der Waals surface area contributed by atoms with E-state index in [2.05, 4.69) is 10.4 Å². The minimum Gasteiger partial charge on any atom is -0.508 e. The van der Waals surface area contributed by atoms with Crippen LogP contribution >= 0.6 is 0 Å². The third-order valence-electron chi connectivity index (χ3n) is 3.64. The highest BCUT2D eigenvalue weighted by Gasteiger charge is 2.31. The van der Waals surface area contributed by atoms with Crippen molar-refractivity contribution < 1.29 is 14.3 Å². The van der Waals surface area contributed by atoms with Gasteiger partial charge in [-0.15, -0.1) is 0 Å². The van der Waals surface area contributed by atoms with E-state index in [4.69, 9.17) is 4.42 Å². The van der Waals surface area contributed by atoms with Crippen molar-refractivity contribution in [1.29, 1.82) is 0 Å². The van der Waals surface area contributed by atoms with E-state index in [-0.39, 0.29) is 11.5 Å². The van der Waals surface area contributed by atoms with Crippen molar-refractivity contribution in [1.82, 2.24) is 15.1 Å². The summed E-state index contributed by atoms with van der Waals surface area (Å²) in [4.78, 5) is 22.9. The molecule has 0 atom stereocenters. The van der Waals surface area contributed by atoms with Gasteiger partial charge in [0.25, 0.3) is 5.91 Å². The van der Waals surface area contributed by atoms with Crippen LogP contribution in [0.5, 0.6) is 5.75 Å². The lowest BCUT2D eigenvalue weighted by Gasteiger charge is -2.35. The number of amides is 1. The molecule has 0 aromatic carbocycles. The smallest absolute Gasteiger partial charge is 0.340 e. The first-order valence-corrected chi connectivity index (χ1v) is 6.73. The summed E-state index contributed by atoms with van der Waals surface area (Å²) in [6, 6.07) is 4.32. The molecule has 1 fully saturated rings. The summed E-state index contributed by atoms with van der Waals surface area (Å²) in [5, 5.41) is 16.2. The van der Waals surface area contributed by atoms with Crippen molar-refractivity contribution in [2.24, 2.45) is 5.92 Å². The van der Waals surface area contributed by atoms with Crippen LogP contribution < -0.4 is 10.9 Å². The van der Waals surface area contributed by atoms with Gasteiger partial charge in [-0.25, -0.2) is 4.79 Å². The Bertz CT molecular complexity index is 686. The van der Waals surface area contributed by atoms with Gasteiger partial charge in [0.1, 0.15) is 5.75 Å². The topological polar surface area (TPSA) is 97.4 Å². The fourth-order valence-corrected chi connectivity index (χ4v) is 2.48. The highest BCUT2D eigenvalue weighted by molar-refractivity contribution is 5.91. The van der Waals surface area contributed by atoms with Gasteiger partial charge in [0, 0.05) is 25.0 Å². The second-order valence-electron chi connectivity index (χ2n) is 5.19. The van der Waals surface area contributed by atoms with E-state index in [0.717, 1.165) is 25.0 Å². The zero-order valence-corrected chi connectivity index (χ0v) is 11.2. The van der Waals surface area contributed by atoms with Crippen molar-refractivity contribution in [3.8, 4) is 5.75 Å². The van der Waals surface area contributed by atoms with Gasteiger partial charge in [0.15, 0.2) is 5.76 Å². The van der Waals surface area contributed by atoms with Crippen LogP contribution in [-0.4, -0.2) is 27.3 Å². The van der Waals surface area contributed by atoms with Gasteiger partial charge in [-0.3, -0.25) is 9.48 Å². The van der Waals surface area contributed by atoms with Crippen LogP contribution in [0.15, 0.2) is 39.8 Å². The number of nitrogens with one attached hydrogen (secondary N) is 1. The lowest BCUT2D eigenvalue weighted by atomic mass is 9.80. The fraction of sp³-hybridized carbons (Fsp3) is 0.357. The predicted molar refractivity (Wildman–Crippen MR) is 73.0 cm³/mol. The van der Waals surface area contributed by atoms with Crippen LogP contribution in [0, 0.1) is 5.92 Å². The summed E-state index contributed by atoms with van der Waals surface area (Å²) in [5.41, 5.74) is -0.748. The van der Waals surface area contributed by atoms with Crippen molar-refractivity contribution in [2.75, 3.05) is 6.54 Å². The summed E-state index contributed by atoms with van der Waals surface area (Å²) in [6.07, 6.45) is 5.58. The van der Waals surface area contributed by atoms with E-state index in [9.17, 15) is 14.7 Å². The van der Waals surface area contributed by atoms with Crippen molar-refractivity contribution in [3.63, 3.8) is 0 Å². The van der Waals surface area contributed by atoms with Gasteiger partial charge in [0.05, 0.1) is 12.1 Å². The van der Waals surface area contributed by atoms with Gasteiger partial charge < -0.3 is 14.8 Å². The maximum absolute atomic E-state index is 11.8. The SMILES string of the molecule is O=C(NCC1CC(n2cccn2)C1)c1cc(O)cc(=O)o1. The highest BCUT2D eigenvalue weighted by atomic mass is 16.4. The Morgan fingerprint density at radius 3 is 2.95 bits per heavy atom. The van der Waals surface area contributed by atoms with Gasteiger partial charge in [-0.2, -0.15) is 5.10 Å². The Kier molecular flexibility index (Phi) is 3.47. The molecule has 0 bridgehead atoms. The zero-order chi connectivity index (χ0) is 14.8. The molecule has 0 saturated heterocycles. The largest absolute Gasteiger partial charge is 0.508 e. The van der Waals surface area contributed by atoms with Crippen molar-refractivity contribution in [2.45, 2.75) is 18.9 Å². The molecule has 1 aliphatic carbocycles. The highest BCUT2D eigenvalue weighted by Crippen LogP contribution is 2.36. The average Bonchev–Trinajstić information content (AvgIpc) is 2.89. The van der Waals surface area contributed by atoms with Gasteiger partial charge in [-0.05, 0) is 24.8 Å². The molecule has 7 nitrogen and oxygen atoms in total. The molecule has 0 unspecified atom stereocenters. The minimum atomic E-state index is -0.748. The standard InChI is InChI=1S/C14H15N3O4/c18-11-6-12(21-13(19)7-11)14(20)15-8-9-4-10(5-9)17-3-1-2-16-17/h1-3,6-7,9-10,18H,4-5,8H2,(H,15,20). The summed E-state index contributed by atoms with van der Waals surface area (Å²) < 4.78 is 6.67. The molecule has 1 amide bonds. The summed E-state index contributed by atoms with van der Waals surface area (Å²) >= 11 is 0. The summed E-state index contributed by atoms with van der Waals surface area (Å²) in [6.45, 7) is 0.510. The first-order valence-electron chi connectivity index (χ1n) is 6.73. The molecule has 3 rings (SSSR count). The number of carbonyl (C=O) groups is 1. The Morgan fingerprint density at radius 1 is 1.48 bits per heavy atom. The van der Waals surface area contributed by atoms with Crippen molar-refractivity contribution >= 4 is 5.91 Å². The Hall–Kier alpha value is -2.57. The fourth-order valence-electron chi connectivity index (χ4n) is 2.48. The van der Waals surface area contributed by atoms with E-state index in [1.165, 1.54) is 0 Å². The molecule has 1 saturated carbocycles. The first kappa shape index (κ1) is 13.4. The quantitative estimate of drug-likeness (QED) is 0.872. The maximum atomic E-state index is 11.8. The number of hydrogen-bond donors (Lipinski definition) is 2. The molecule has 0 spiro atoms. The molecule has 1 aliphatic rings. The van der Waals surface area contributed by atoms with Crippen LogP contribution in [0.2, 0.25) is 0 Å². The molecule has 2 aromatic heterocycles. The average molecular weight is 289 g/mol. The Labute approximate surface area is 120 Å². The summed E-state index contributed by atoms with van der Waals surface area (Å²) in [5.74, 6) is -0.570. The predicted octanol–water partition coefficient (Wildman–Crippen LogP) is 0.923. The second-order valence-corrected chi connectivity index (χ2v) is 5.19. The molecule has 2 heterocycles. The third kappa shape index (κ3) is 2.96. The minimum absolute atomic E-state index is 0.178. The van der Waals surface area contributed by atoms with Crippen LogP contribution in [0.3, 0.4) is 0 Å². The molecule has 110 valence electrons. The number of aromatic nitrogens is 2. The van der Waals surface area contributed by atoms with Crippen LogP contribution in [0.4, 0.5) is 0 Å². The third-order valence-corrected chi connectivity index (χ3v) is 3.64. The lowest BCUT2D eigenvalue weighted by molar-refractivity contribution is 0.0890. The Morgan fingerprint density at radius 2 is 2.29 bits per heavy atom.